The van der Waals surface area contributed by atoms with Gasteiger partial charge in [0.1, 0.15) is 17.6 Å². The first-order chi connectivity index (χ1) is 16.4. The van der Waals surface area contributed by atoms with Gasteiger partial charge in [-0.05, 0) is 42.8 Å². The molecule has 2 heterocycles. The van der Waals surface area contributed by atoms with Gasteiger partial charge < -0.3 is 15.1 Å². The highest BCUT2D eigenvalue weighted by Crippen LogP contribution is 2.28. The zero-order valence-corrected chi connectivity index (χ0v) is 19.1. The lowest BCUT2D eigenvalue weighted by atomic mass is 10.1. The van der Waals surface area contributed by atoms with E-state index in [1.54, 1.807) is 24.3 Å². The summed E-state index contributed by atoms with van der Waals surface area (Å²) in [7, 11) is 0. The van der Waals surface area contributed by atoms with Crippen molar-refractivity contribution < 1.29 is 18.4 Å². The Kier molecular flexibility index (Phi) is 6.87. The first-order valence-corrected chi connectivity index (χ1v) is 11.0. The van der Waals surface area contributed by atoms with Crippen LogP contribution in [0.4, 0.5) is 10.1 Å². The summed E-state index contributed by atoms with van der Waals surface area (Å²) < 4.78 is 19.1. The molecule has 176 valence electrons. The van der Waals surface area contributed by atoms with Crippen molar-refractivity contribution >= 4 is 34.8 Å². The van der Waals surface area contributed by atoms with Crippen LogP contribution in [-0.2, 0) is 16.1 Å². The van der Waals surface area contributed by atoms with Crippen LogP contribution in [0, 0.1) is 5.82 Å². The molecule has 11 heteroatoms. The molecule has 0 fully saturated rings. The van der Waals surface area contributed by atoms with Gasteiger partial charge in [-0.1, -0.05) is 30.7 Å². The fourth-order valence-electron chi connectivity index (χ4n) is 3.62. The number of benzene rings is 2. The molecule has 1 unspecified atom stereocenters. The lowest BCUT2D eigenvalue weighted by Crippen LogP contribution is -2.40. The molecule has 34 heavy (non-hydrogen) atoms. The molecule has 1 aliphatic heterocycles. The quantitative estimate of drug-likeness (QED) is 0.523. The number of rotatable bonds is 8. The molecule has 1 atom stereocenters. The average molecular weight is 485 g/mol. The molecule has 0 bridgehead atoms. The Morgan fingerprint density at radius 2 is 1.94 bits per heavy atom. The number of nitrogens with two attached hydrogens (primary N) is 1. The van der Waals surface area contributed by atoms with Gasteiger partial charge in [0, 0.05) is 13.0 Å². The largest absolute Gasteiger partial charge is 0.419 e. The first kappa shape index (κ1) is 23.4. The molecule has 0 saturated heterocycles. The van der Waals surface area contributed by atoms with Gasteiger partial charge >= 0.3 is 0 Å². The normalized spacial score (nSPS) is 15.3. The van der Waals surface area contributed by atoms with Crippen LogP contribution in [-0.4, -0.2) is 45.2 Å². The van der Waals surface area contributed by atoms with Gasteiger partial charge in [-0.25, -0.2) is 4.39 Å². The minimum atomic E-state index is -0.858. The van der Waals surface area contributed by atoms with Gasteiger partial charge in [0.2, 0.25) is 17.7 Å². The molecule has 2 amide bonds. The monoisotopic (exact) mass is 484 g/mol. The Bertz CT molecular complexity index is 1230. The molecule has 0 saturated carbocycles. The number of nitrogens with zero attached hydrogens (tertiary/aromatic N) is 5. The molecular weight excluding hydrogens is 463 g/mol. The van der Waals surface area contributed by atoms with E-state index >= 15 is 0 Å². The molecule has 1 aromatic heterocycles. The highest BCUT2D eigenvalue weighted by Gasteiger charge is 2.36. The SMILES string of the molecule is CCCN(Cc1nnc(-c2ccccc2Cl)o1)C(=O)C1=NN(c2ccc(F)cc2)C(C(N)=O)C1. The smallest absolute Gasteiger partial charge is 0.270 e. The highest BCUT2D eigenvalue weighted by molar-refractivity contribution is 6.40. The molecule has 2 N–H and O–H groups in total. The Hall–Kier alpha value is -3.79. The van der Waals surface area contributed by atoms with Gasteiger partial charge in [-0.15, -0.1) is 10.2 Å². The number of amides is 2. The zero-order chi connectivity index (χ0) is 24.2. The van der Waals surface area contributed by atoms with E-state index < -0.39 is 17.8 Å². The summed E-state index contributed by atoms with van der Waals surface area (Å²) in [6, 6.07) is 11.7. The van der Waals surface area contributed by atoms with E-state index in [0.29, 0.717) is 29.2 Å². The Morgan fingerprint density at radius 1 is 1.21 bits per heavy atom. The summed E-state index contributed by atoms with van der Waals surface area (Å²) in [4.78, 5) is 26.9. The van der Waals surface area contributed by atoms with Crippen LogP contribution in [0.25, 0.3) is 11.5 Å². The molecule has 4 rings (SSSR count). The maximum atomic E-state index is 13.3. The second-order valence-electron chi connectivity index (χ2n) is 7.70. The summed E-state index contributed by atoms with van der Waals surface area (Å²) in [6.07, 6.45) is 0.700. The zero-order valence-electron chi connectivity index (χ0n) is 18.3. The predicted octanol–water partition coefficient (Wildman–Crippen LogP) is 3.39. The molecule has 0 radical (unpaired) electrons. The maximum Gasteiger partial charge on any atom is 0.270 e. The summed E-state index contributed by atoms with van der Waals surface area (Å²) in [6.45, 7) is 2.39. The standard InChI is InChI=1S/C23H22ClFN6O3/c1-2-11-30(13-20-27-28-22(34-20)16-5-3-4-6-17(16)24)23(33)18-12-19(21(26)32)31(29-18)15-9-7-14(25)8-10-15/h3-10,19H,2,11-13H2,1H3,(H2,26,32). The van der Waals surface area contributed by atoms with Crippen molar-refractivity contribution in [1.82, 2.24) is 15.1 Å². The van der Waals surface area contributed by atoms with Crippen molar-refractivity contribution in [2.45, 2.75) is 32.4 Å². The molecule has 3 aromatic rings. The summed E-state index contributed by atoms with van der Waals surface area (Å²) in [5.74, 6) is -0.964. The Labute approximate surface area is 200 Å². The summed E-state index contributed by atoms with van der Waals surface area (Å²) in [5, 5.41) is 14.3. The van der Waals surface area contributed by atoms with E-state index in [0.717, 1.165) is 0 Å². The second-order valence-corrected chi connectivity index (χ2v) is 8.10. The number of carbonyl (C=O) groups is 2. The van der Waals surface area contributed by atoms with E-state index in [2.05, 4.69) is 15.3 Å². The van der Waals surface area contributed by atoms with E-state index in [4.69, 9.17) is 21.8 Å². The molecule has 9 nitrogen and oxygen atoms in total. The molecular formula is C23H22ClFN6O3. The van der Waals surface area contributed by atoms with Crippen LogP contribution in [0.15, 0.2) is 58.0 Å². The Morgan fingerprint density at radius 3 is 2.62 bits per heavy atom. The fraction of sp³-hybridized carbons (Fsp3) is 0.261. The van der Waals surface area contributed by atoms with Crippen molar-refractivity contribution in [1.29, 1.82) is 0 Å². The van der Waals surface area contributed by atoms with Crippen LogP contribution < -0.4 is 10.7 Å². The number of anilines is 1. The van der Waals surface area contributed by atoms with Gasteiger partial charge in [-0.3, -0.25) is 14.6 Å². The van der Waals surface area contributed by atoms with Gasteiger partial charge in [0.25, 0.3) is 5.91 Å². The summed E-state index contributed by atoms with van der Waals surface area (Å²) in [5.41, 5.74) is 6.76. The third-order valence-electron chi connectivity index (χ3n) is 5.25. The van der Waals surface area contributed by atoms with E-state index in [1.807, 2.05) is 6.92 Å². The van der Waals surface area contributed by atoms with Crippen LogP contribution in [0.2, 0.25) is 5.02 Å². The number of halogens is 2. The third kappa shape index (κ3) is 4.91. The van der Waals surface area contributed by atoms with Crippen molar-refractivity contribution in [2.75, 3.05) is 11.6 Å². The number of hydrogen-bond acceptors (Lipinski definition) is 7. The molecule has 2 aromatic carbocycles. The van der Waals surface area contributed by atoms with Gasteiger partial charge in [0.15, 0.2) is 0 Å². The third-order valence-corrected chi connectivity index (χ3v) is 5.58. The van der Waals surface area contributed by atoms with Crippen LogP contribution >= 0.6 is 11.6 Å². The van der Waals surface area contributed by atoms with Gasteiger partial charge in [-0.2, -0.15) is 5.10 Å². The van der Waals surface area contributed by atoms with E-state index in [9.17, 15) is 14.0 Å². The number of aromatic nitrogens is 2. The van der Waals surface area contributed by atoms with E-state index in [1.165, 1.54) is 34.2 Å². The van der Waals surface area contributed by atoms with Crippen molar-refractivity contribution in [2.24, 2.45) is 10.8 Å². The predicted molar refractivity (Wildman–Crippen MR) is 124 cm³/mol. The van der Waals surface area contributed by atoms with Crippen molar-refractivity contribution in [3.63, 3.8) is 0 Å². The summed E-state index contributed by atoms with van der Waals surface area (Å²) >= 11 is 6.20. The topological polar surface area (TPSA) is 118 Å². The van der Waals surface area contributed by atoms with Crippen molar-refractivity contribution in [3.05, 3.63) is 65.3 Å². The van der Waals surface area contributed by atoms with Gasteiger partial charge in [0.05, 0.1) is 22.8 Å². The van der Waals surface area contributed by atoms with Crippen LogP contribution in [0.3, 0.4) is 0 Å². The average Bonchev–Trinajstić information content (AvgIpc) is 3.47. The minimum absolute atomic E-state index is 0.0282. The first-order valence-electron chi connectivity index (χ1n) is 10.7. The van der Waals surface area contributed by atoms with Crippen molar-refractivity contribution in [3.8, 4) is 11.5 Å². The number of hydrogen-bond donors (Lipinski definition) is 1. The van der Waals surface area contributed by atoms with Crippen LogP contribution in [0.5, 0.6) is 0 Å². The maximum absolute atomic E-state index is 13.3. The lowest BCUT2D eigenvalue weighted by Gasteiger charge is -2.20. The highest BCUT2D eigenvalue weighted by atomic mass is 35.5. The minimum Gasteiger partial charge on any atom is -0.419 e. The molecule has 0 aliphatic carbocycles. The molecule has 0 spiro atoms. The second kappa shape index (κ2) is 10.0. The number of hydrazone groups is 1. The van der Waals surface area contributed by atoms with E-state index in [-0.39, 0.29) is 36.4 Å². The number of primary amides is 1. The van der Waals surface area contributed by atoms with Crippen LogP contribution in [0.1, 0.15) is 25.7 Å². The number of carbonyl (C=O) groups excluding carboxylic acids is 2. The fourth-order valence-corrected chi connectivity index (χ4v) is 3.84. The molecule has 1 aliphatic rings. The Balaban J connectivity index is 1.56. The lowest BCUT2D eigenvalue weighted by molar-refractivity contribution is -0.125.